The number of methoxy groups -OCH3 is 1. The number of nitrogens with zero attached hydrogens (tertiary/aromatic N) is 1. The van der Waals surface area contributed by atoms with E-state index in [2.05, 4.69) is 11.4 Å². The molecule has 108 valence electrons. The Morgan fingerprint density at radius 3 is 2.95 bits per heavy atom. The van der Waals surface area contributed by atoms with Crippen LogP contribution in [-0.4, -0.2) is 30.2 Å². The molecule has 20 heavy (non-hydrogen) atoms. The highest BCUT2D eigenvalue weighted by Crippen LogP contribution is 2.17. The van der Waals surface area contributed by atoms with Gasteiger partial charge >= 0.3 is 0 Å². The summed E-state index contributed by atoms with van der Waals surface area (Å²) in [6, 6.07) is 8.06. The molecule has 0 aliphatic rings. The smallest absolute Gasteiger partial charge is 0.240 e. The number of benzene rings is 1. The average Bonchev–Trinajstić information content (AvgIpc) is 2.81. The highest BCUT2D eigenvalue weighted by Gasteiger charge is 2.09. The standard InChI is InChI=1S/C15H21N3O2/c1-11(10-20-2)17-15(19)9-18-6-5-13-7-12(8-16)3-4-14(13)18/h3-7,11H,8-10,16H2,1-2H3,(H,17,19). The van der Waals surface area contributed by atoms with E-state index in [4.69, 9.17) is 10.5 Å². The van der Waals surface area contributed by atoms with Gasteiger partial charge in [-0.15, -0.1) is 0 Å². The molecule has 3 N–H and O–H groups in total. The average molecular weight is 275 g/mol. The molecule has 1 unspecified atom stereocenters. The Morgan fingerprint density at radius 2 is 2.25 bits per heavy atom. The summed E-state index contributed by atoms with van der Waals surface area (Å²) in [5.74, 6) is -0.0186. The number of aromatic nitrogens is 1. The Balaban J connectivity index is 2.08. The van der Waals surface area contributed by atoms with Crippen molar-refractivity contribution in [2.75, 3.05) is 13.7 Å². The second kappa shape index (κ2) is 6.54. The van der Waals surface area contributed by atoms with E-state index in [1.165, 1.54) is 0 Å². The van der Waals surface area contributed by atoms with Gasteiger partial charge in [-0.25, -0.2) is 0 Å². The van der Waals surface area contributed by atoms with Gasteiger partial charge in [0.1, 0.15) is 6.54 Å². The van der Waals surface area contributed by atoms with Gasteiger partial charge in [0, 0.05) is 31.4 Å². The first kappa shape index (κ1) is 14.6. The second-order valence-corrected chi connectivity index (χ2v) is 4.96. The fourth-order valence-corrected chi connectivity index (χ4v) is 2.28. The molecule has 0 saturated carbocycles. The zero-order chi connectivity index (χ0) is 14.5. The minimum atomic E-state index is -0.0186. The van der Waals surface area contributed by atoms with E-state index in [1.807, 2.05) is 35.9 Å². The fraction of sp³-hybridized carbons (Fsp3) is 0.400. The molecule has 0 aliphatic heterocycles. The van der Waals surface area contributed by atoms with Gasteiger partial charge in [-0.05, 0) is 36.1 Å². The number of rotatable bonds is 6. The summed E-state index contributed by atoms with van der Waals surface area (Å²) in [6.07, 6.45) is 1.92. The van der Waals surface area contributed by atoms with Gasteiger partial charge in [0.15, 0.2) is 0 Å². The first-order chi connectivity index (χ1) is 9.63. The molecule has 2 rings (SSSR count). The molecular weight excluding hydrogens is 254 g/mol. The molecule has 0 fully saturated rings. The predicted octanol–water partition coefficient (Wildman–Crippen LogP) is 1.25. The number of carbonyl (C=O) groups excluding carboxylic acids is 1. The highest BCUT2D eigenvalue weighted by molar-refractivity contribution is 5.83. The number of nitrogens with two attached hydrogens (primary N) is 1. The van der Waals surface area contributed by atoms with E-state index in [9.17, 15) is 4.79 Å². The zero-order valence-electron chi connectivity index (χ0n) is 11.9. The summed E-state index contributed by atoms with van der Waals surface area (Å²) in [5, 5.41) is 4.00. The molecule has 0 bridgehead atoms. The minimum absolute atomic E-state index is 0.0122. The van der Waals surface area contributed by atoms with E-state index in [0.29, 0.717) is 19.7 Å². The van der Waals surface area contributed by atoms with E-state index in [0.717, 1.165) is 16.5 Å². The number of hydrogen-bond donors (Lipinski definition) is 2. The van der Waals surface area contributed by atoms with Crippen LogP contribution in [0.2, 0.25) is 0 Å². The van der Waals surface area contributed by atoms with Crippen molar-refractivity contribution in [2.45, 2.75) is 26.1 Å². The normalized spacial score (nSPS) is 12.6. The summed E-state index contributed by atoms with van der Waals surface area (Å²) in [4.78, 5) is 12.0. The van der Waals surface area contributed by atoms with E-state index in [1.54, 1.807) is 7.11 Å². The maximum absolute atomic E-state index is 12.0. The van der Waals surface area contributed by atoms with Gasteiger partial charge in [-0.2, -0.15) is 0 Å². The van der Waals surface area contributed by atoms with E-state index in [-0.39, 0.29) is 11.9 Å². The summed E-state index contributed by atoms with van der Waals surface area (Å²) in [5.41, 5.74) is 7.76. The molecule has 2 aromatic rings. The van der Waals surface area contributed by atoms with Crippen molar-refractivity contribution in [1.29, 1.82) is 0 Å². The predicted molar refractivity (Wildman–Crippen MR) is 79.3 cm³/mol. The molecule has 1 aromatic heterocycles. The van der Waals surface area contributed by atoms with Crippen molar-refractivity contribution in [3.8, 4) is 0 Å². The maximum atomic E-state index is 12.0. The summed E-state index contributed by atoms with van der Waals surface area (Å²) in [6.45, 7) is 3.26. The fourth-order valence-electron chi connectivity index (χ4n) is 2.28. The summed E-state index contributed by atoms with van der Waals surface area (Å²) >= 11 is 0. The third-order valence-electron chi connectivity index (χ3n) is 3.21. The van der Waals surface area contributed by atoms with Crippen molar-refractivity contribution >= 4 is 16.8 Å². The third kappa shape index (κ3) is 3.37. The highest BCUT2D eigenvalue weighted by atomic mass is 16.5. The molecule has 5 nitrogen and oxygen atoms in total. The largest absolute Gasteiger partial charge is 0.383 e. The van der Waals surface area contributed by atoms with Crippen molar-refractivity contribution in [3.63, 3.8) is 0 Å². The van der Waals surface area contributed by atoms with Gasteiger partial charge in [0.25, 0.3) is 0 Å². The topological polar surface area (TPSA) is 69.3 Å². The lowest BCUT2D eigenvalue weighted by Crippen LogP contribution is -2.37. The molecule has 5 heteroatoms. The van der Waals surface area contributed by atoms with Crippen LogP contribution in [0.1, 0.15) is 12.5 Å². The number of nitrogens with one attached hydrogen (secondary N) is 1. The number of ether oxygens (including phenoxy) is 1. The molecule has 0 radical (unpaired) electrons. The number of fused-ring (bicyclic) bond motifs is 1. The Hall–Kier alpha value is -1.85. The molecule has 0 saturated heterocycles. The SMILES string of the molecule is COCC(C)NC(=O)Cn1ccc2cc(CN)ccc21. The monoisotopic (exact) mass is 275 g/mol. The maximum Gasteiger partial charge on any atom is 0.240 e. The molecule has 1 aromatic carbocycles. The van der Waals surface area contributed by atoms with Crippen molar-refractivity contribution < 1.29 is 9.53 Å². The van der Waals surface area contributed by atoms with Crippen molar-refractivity contribution in [2.24, 2.45) is 5.73 Å². The van der Waals surface area contributed by atoms with Crippen LogP contribution in [0.25, 0.3) is 10.9 Å². The van der Waals surface area contributed by atoms with Crippen molar-refractivity contribution in [3.05, 3.63) is 36.0 Å². The Kier molecular flexibility index (Phi) is 4.76. The van der Waals surface area contributed by atoms with Crippen LogP contribution in [-0.2, 0) is 22.6 Å². The first-order valence-corrected chi connectivity index (χ1v) is 6.70. The number of hydrogen-bond acceptors (Lipinski definition) is 3. The lowest BCUT2D eigenvalue weighted by molar-refractivity contribution is -0.122. The van der Waals surface area contributed by atoms with E-state index < -0.39 is 0 Å². The molecule has 1 atom stereocenters. The van der Waals surface area contributed by atoms with Gasteiger partial charge in [-0.1, -0.05) is 6.07 Å². The minimum Gasteiger partial charge on any atom is -0.383 e. The van der Waals surface area contributed by atoms with Crippen LogP contribution in [0.15, 0.2) is 30.5 Å². The quantitative estimate of drug-likeness (QED) is 0.833. The van der Waals surface area contributed by atoms with Crippen LogP contribution in [0.3, 0.4) is 0 Å². The molecule has 1 heterocycles. The van der Waals surface area contributed by atoms with Gasteiger partial charge < -0.3 is 20.4 Å². The van der Waals surface area contributed by atoms with Gasteiger partial charge in [0.05, 0.1) is 6.61 Å². The zero-order valence-corrected chi connectivity index (χ0v) is 11.9. The van der Waals surface area contributed by atoms with Gasteiger partial charge in [0.2, 0.25) is 5.91 Å². The van der Waals surface area contributed by atoms with Crippen LogP contribution in [0.4, 0.5) is 0 Å². The Labute approximate surface area is 118 Å². The van der Waals surface area contributed by atoms with Crippen molar-refractivity contribution in [1.82, 2.24) is 9.88 Å². The lowest BCUT2D eigenvalue weighted by Gasteiger charge is -2.13. The Bertz CT molecular complexity index is 592. The Morgan fingerprint density at radius 1 is 1.45 bits per heavy atom. The molecule has 1 amide bonds. The van der Waals surface area contributed by atoms with Crippen LogP contribution in [0, 0.1) is 0 Å². The van der Waals surface area contributed by atoms with Crippen LogP contribution >= 0.6 is 0 Å². The molecular formula is C15H21N3O2. The van der Waals surface area contributed by atoms with Crippen LogP contribution in [0.5, 0.6) is 0 Å². The van der Waals surface area contributed by atoms with E-state index >= 15 is 0 Å². The number of carbonyl (C=O) groups is 1. The van der Waals surface area contributed by atoms with Crippen LogP contribution < -0.4 is 11.1 Å². The third-order valence-corrected chi connectivity index (χ3v) is 3.21. The lowest BCUT2D eigenvalue weighted by atomic mass is 10.1. The second-order valence-electron chi connectivity index (χ2n) is 4.96. The molecule has 0 spiro atoms. The van der Waals surface area contributed by atoms with Gasteiger partial charge in [-0.3, -0.25) is 4.79 Å². The number of amides is 1. The summed E-state index contributed by atoms with van der Waals surface area (Å²) < 4.78 is 6.94. The first-order valence-electron chi connectivity index (χ1n) is 6.70. The molecule has 0 aliphatic carbocycles. The summed E-state index contributed by atoms with van der Waals surface area (Å²) in [7, 11) is 1.62.